The maximum Gasteiger partial charge on any atom is 1.00 e. The minimum Gasteiger partial charge on any atom is -0.429 e. The van der Waals surface area contributed by atoms with E-state index in [9.17, 15) is 9.59 Å². The van der Waals surface area contributed by atoms with E-state index in [2.05, 4.69) is 10.6 Å². The number of amides is 3. The summed E-state index contributed by atoms with van der Waals surface area (Å²) in [5.41, 5.74) is -0.418. The molecule has 0 saturated carbocycles. The van der Waals surface area contributed by atoms with Gasteiger partial charge in [0.05, 0.1) is 5.54 Å². The summed E-state index contributed by atoms with van der Waals surface area (Å²) in [7, 11) is 0. The number of nitrogens with one attached hydrogen (secondary N) is 1. The van der Waals surface area contributed by atoms with Gasteiger partial charge in [-0.25, -0.2) is 0 Å². The molecular weight excluding hydrogens is 271 g/mol. The predicted molar refractivity (Wildman–Crippen MR) is 68.4 cm³/mol. The fourth-order valence-corrected chi connectivity index (χ4v) is 3.00. The van der Waals surface area contributed by atoms with Crippen LogP contribution in [0.2, 0.25) is 0 Å². The average Bonchev–Trinajstić information content (AvgIpc) is 2.99. The van der Waals surface area contributed by atoms with E-state index in [1.165, 1.54) is 11.3 Å². The maximum atomic E-state index is 12.2. The van der Waals surface area contributed by atoms with Gasteiger partial charge in [-0.1, -0.05) is 36.4 Å². The number of hydrogen-bond acceptors (Lipinski definition) is 3. The third kappa shape index (κ3) is 2.23. The molecule has 1 atom stereocenters. The van der Waals surface area contributed by atoms with Crippen LogP contribution in [0.1, 0.15) is 10.4 Å². The molecule has 1 aliphatic heterocycles. The van der Waals surface area contributed by atoms with Crippen molar-refractivity contribution in [3.05, 3.63) is 63.6 Å². The fourth-order valence-electron chi connectivity index (χ4n) is 2.10. The summed E-state index contributed by atoms with van der Waals surface area (Å²) in [6.07, 6.45) is 0. The minimum atomic E-state index is -1.15. The molecule has 1 N–H and O–H groups in total. The van der Waals surface area contributed by atoms with E-state index in [0.29, 0.717) is 0 Å². The van der Waals surface area contributed by atoms with E-state index in [4.69, 9.17) is 0 Å². The molecule has 2 aromatic rings. The molecule has 1 aromatic carbocycles. The number of thiophene rings is 1. The Morgan fingerprint density at radius 3 is 2.32 bits per heavy atom. The molecular formula is C13H9N2NaO2S. The average molecular weight is 280 g/mol. The molecule has 0 aliphatic carbocycles. The Hall–Kier alpha value is -1.14. The Balaban J connectivity index is 0.00000133. The fraction of sp³-hybridized carbons (Fsp3) is 0.0769. The zero-order valence-corrected chi connectivity index (χ0v) is 13.1. The molecule has 1 aliphatic rings. The van der Waals surface area contributed by atoms with E-state index in [-0.39, 0.29) is 29.6 Å². The zero-order chi connectivity index (χ0) is 12.6. The molecule has 0 radical (unpaired) electrons. The Morgan fingerprint density at radius 2 is 1.79 bits per heavy atom. The van der Waals surface area contributed by atoms with Gasteiger partial charge < -0.3 is 10.6 Å². The molecule has 19 heavy (non-hydrogen) atoms. The Kier molecular flexibility index (Phi) is 4.10. The number of carbonyl (C=O) groups excluding carboxylic acids is 2. The van der Waals surface area contributed by atoms with Crippen molar-refractivity contribution >= 4 is 23.3 Å². The van der Waals surface area contributed by atoms with Gasteiger partial charge in [0.1, 0.15) is 0 Å². The molecule has 1 saturated heterocycles. The molecule has 3 amide bonds. The number of benzene rings is 1. The van der Waals surface area contributed by atoms with Crippen LogP contribution in [-0.2, 0) is 10.3 Å². The number of hydrogen-bond donors (Lipinski definition) is 1. The van der Waals surface area contributed by atoms with E-state index >= 15 is 0 Å². The first-order valence-corrected chi connectivity index (χ1v) is 6.29. The number of carbonyl (C=O) groups is 2. The second-order valence-electron chi connectivity index (χ2n) is 3.94. The van der Waals surface area contributed by atoms with Crippen molar-refractivity contribution in [2.24, 2.45) is 0 Å². The van der Waals surface area contributed by atoms with Gasteiger partial charge in [-0.05, 0) is 17.0 Å². The van der Waals surface area contributed by atoms with Crippen molar-refractivity contribution in [1.82, 2.24) is 5.32 Å². The van der Waals surface area contributed by atoms with Crippen LogP contribution in [0, 0.1) is 0 Å². The SMILES string of the molecule is O=C1[N-]C(=O)C(c2ccccc2)(c2cccs2)N1.[Na+]. The quantitative estimate of drug-likeness (QED) is 0.602. The number of urea groups is 1. The first-order chi connectivity index (χ1) is 8.73. The van der Waals surface area contributed by atoms with Gasteiger partial charge in [0.25, 0.3) is 0 Å². The van der Waals surface area contributed by atoms with Gasteiger partial charge in [0.15, 0.2) is 11.9 Å². The molecule has 0 bridgehead atoms. The van der Waals surface area contributed by atoms with Gasteiger partial charge in [-0.3, -0.25) is 9.59 Å². The zero-order valence-electron chi connectivity index (χ0n) is 10.3. The first kappa shape index (κ1) is 14.3. The van der Waals surface area contributed by atoms with Crippen molar-refractivity contribution in [3.8, 4) is 0 Å². The monoisotopic (exact) mass is 280 g/mol. The van der Waals surface area contributed by atoms with E-state index in [1.54, 1.807) is 0 Å². The number of nitrogens with zero attached hydrogens (tertiary/aromatic N) is 1. The van der Waals surface area contributed by atoms with Gasteiger partial charge in [0, 0.05) is 4.88 Å². The number of imide groups is 1. The van der Waals surface area contributed by atoms with E-state index < -0.39 is 17.5 Å². The summed E-state index contributed by atoms with van der Waals surface area (Å²) in [6.45, 7) is 0. The van der Waals surface area contributed by atoms with E-state index in [0.717, 1.165) is 10.4 Å². The summed E-state index contributed by atoms with van der Waals surface area (Å²) < 4.78 is 0. The van der Waals surface area contributed by atoms with Gasteiger partial charge in [0.2, 0.25) is 0 Å². The van der Waals surface area contributed by atoms with Crippen molar-refractivity contribution in [3.63, 3.8) is 0 Å². The Morgan fingerprint density at radius 1 is 1.05 bits per heavy atom. The standard InChI is InChI=1S/C13H10N2O2S.Na/c16-11-13(15-12(17)14-11,10-7-4-8-18-10)9-5-2-1-3-6-9;/h1-8H,(H2,14,15,16,17);/q;+1/p-1. The Bertz CT molecular complexity index is 600. The topological polar surface area (TPSA) is 60.3 Å². The third-order valence-electron chi connectivity index (χ3n) is 2.92. The van der Waals surface area contributed by atoms with Crippen molar-refractivity contribution in [2.75, 3.05) is 0 Å². The van der Waals surface area contributed by atoms with Gasteiger partial charge in [-0.2, -0.15) is 0 Å². The van der Waals surface area contributed by atoms with E-state index in [1.807, 2.05) is 47.8 Å². The summed E-state index contributed by atoms with van der Waals surface area (Å²) in [6, 6.07) is 12.3. The number of rotatable bonds is 2. The summed E-state index contributed by atoms with van der Waals surface area (Å²) >= 11 is 1.42. The second kappa shape index (κ2) is 5.46. The molecule has 1 fully saturated rings. The van der Waals surface area contributed by atoms with Crippen molar-refractivity contribution in [1.29, 1.82) is 0 Å². The predicted octanol–water partition coefficient (Wildman–Crippen LogP) is -0.381. The summed E-state index contributed by atoms with van der Waals surface area (Å²) in [4.78, 5) is 24.4. The largest absolute Gasteiger partial charge is 1.00 e. The summed E-state index contributed by atoms with van der Waals surface area (Å²) in [5, 5.41) is 8.06. The van der Waals surface area contributed by atoms with Gasteiger partial charge in [-0.15, -0.1) is 11.3 Å². The van der Waals surface area contributed by atoms with Crippen LogP contribution in [0.5, 0.6) is 0 Å². The molecule has 1 unspecified atom stereocenters. The summed E-state index contributed by atoms with van der Waals surface area (Å²) in [5.74, 6) is -0.457. The van der Waals surface area contributed by atoms with Crippen LogP contribution in [-0.4, -0.2) is 11.9 Å². The van der Waals surface area contributed by atoms with Crippen molar-refractivity contribution < 1.29 is 39.1 Å². The molecule has 1 aromatic heterocycles. The Labute approximate surface area is 136 Å². The minimum absolute atomic E-state index is 0. The smallest absolute Gasteiger partial charge is 0.429 e. The van der Waals surface area contributed by atoms with Crippen LogP contribution in [0.15, 0.2) is 47.8 Å². The third-order valence-corrected chi connectivity index (χ3v) is 3.91. The second-order valence-corrected chi connectivity index (χ2v) is 4.89. The maximum absolute atomic E-state index is 12.2. The molecule has 3 rings (SSSR count). The molecule has 90 valence electrons. The normalized spacial score (nSPS) is 21.5. The first-order valence-electron chi connectivity index (χ1n) is 5.41. The molecule has 2 heterocycles. The van der Waals surface area contributed by atoms with Crippen LogP contribution in [0.4, 0.5) is 4.79 Å². The van der Waals surface area contributed by atoms with Gasteiger partial charge >= 0.3 is 29.6 Å². The molecule has 6 heteroatoms. The molecule has 0 spiro atoms. The van der Waals surface area contributed by atoms with Crippen LogP contribution in [0.3, 0.4) is 0 Å². The molecule has 4 nitrogen and oxygen atoms in total. The van der Waals surface area contributed by atoms with Crippen LogP contribution < -0.4 is 34.9 Å². The van der Waals surface area contributed by atoms with Crippen LogP contribution >= 0.6 is 11.3 Å². The van der Waals surface area contributed by atoms with Crippen molar-refractivity contribution in [2.45, 2.75) is 5.54 Å². The van der Waals surface area contributed by atoms with Crippen LogP contribution in [0.25, 0.3) is 5.32 Å².